The molecule has 0 unspecified atom stereocenters. The van der Waals surface area contributed by atoms with Crippen LogP contribution >= 0.6 is 11.6 Å². The summed E-state index contributed by atoms with van der Waals surface area (Å²) < 4.78 is 77.3. The van der Waals surface area contributed by atoms with Crippen LogP contribution in [-0.4, -0.2) is 33.6 Å². The summed E-state index contributed by atoms with van der Waals surface area (Å²) in [6, 6.07) is 1.23. The van der Waals surface area contributed by atoms with Crippen molar-refractivity contribution < 1.29 is 30.4 Å². The molecule has 24 heavy (non-hydrogen) atoms. The highest BCUT2D eigenvalue weighted by Gasteiger charge is 2.36. The molecule has 0 radical (unpaired) electrons. The molecule has 0 saturated carbocycles. The second-order valence-electron chi connectivity index (χ2n) is 4.86. The van der Waals surface area contributed by atoms with Crippen molar-refractivity contribution in [3.05, 3.63) is 29.3 Å². The Bertz CT molecular complexity index is 804. The molecule has 0 bridgehead atoms. The lowest BCUT2D eigenvalue weighted by molar-refractivity contribution is 0.107. The molecule has 136 valence electrons. The number of carbonyl (C=O) groups excluding carboxylic acids is 1. The summed E-state index contributed by atoms with van der Waals surface area (Å²) in [5, 5.41) is -1.51. The largest absolute Gasteiger partial charge is 0.275 e. The molecular weight excluding hydrogens is 388 g/mol. The van der Waals surface area contributed by atoms with E-state index in [4.69, 9.17) is 11.6 Å². The summed E-state index contributed by atoms with van der Waals surface area (Å²) in [4.78, 5) is 11.2. The Labute approximate surface area is 144 Å². The number of hydrogen-bond acceptors (Lipinski definition) is 5. The third-order valence-electron chi connectivity index (χ3n) is 2.89. The van der Waals surface area contributed by atoms with Gasteiger partial charge in [-0.05, 0) is 36.6 Å². The van der Waals surface area contributed by atoms with E-state index in [-0.39, 0.29) is 16.6 Å². The first-order valence-corrected chi connectivity index (χ1v) is 10.5. The van der Waals surface area contributed by atoms with Gasteiger partial charge in [0.1, 0.15) is 17.1 Å². The highest BCUT2D eigenvalue weighted by molar-refractivity contribution is 8.10. The van der Waals surface area contributed by atoms with E-state index < -0.39 is 59.7 Å². The molecule has 0 aromatic heterocycles. The maximum Gasteiger partial charge on any atom is 0.258 e. The molecule has 0 aliphatic heterocycles. The second kappa shape index (κ2) is 7.75. The van der Waals surface area contributed by atoms with Crippen molar-refractivity contribution in [3.63, 3.8) is 0 Å². The van der Waals surface area contributed by atoms with Crippen LogP contribution in [0.1, 0.15) is 37.0 Å². The Morgan fingerprint density at radius 1 is 1.04 bits per heavy atom. The lowest BCUT2D eigenvalue weighted by Crippen LogP contribution is -2.40. The van der Waals surface area contributed by atoms with Crippen LogP contribution in [0.2, 0.25) is 0 Å². The Kier molecular flexibility index (Phi) is 6.71. The van der Waals surface area contributed by atoms with Crippen molar-refractivity contribution in [2.75, 3.05) is 15.2 Å². The van der Waals surface area contributed by atoms with Crippen molar-refractivity contribution in [1.29, 1.82) is 0 Å². The topological polar surface area (TPSA) is 88.6 Å². The summed E-state index contributed by atoms with van der Waals surface area (Å²) in [7, 11) is -8.91. The van der Waals surface area contributed by atoms with Gasteiger partial charge in [0.25, 0.3) is 5.24 Å². The molecule has 1 aromatic rings. The standard InChI is InChI=1S/C13H16ClF2NO5S2/c1-3-7-23(19,20)17(24(21,22)8-4-2)10-6-5-9(15)11(12(10)16)13(14)18/h5-6H,3-4,7-8H2,1-2H3. The molecule has 0 N–H and O–H groups in total. The maximum atomic E-state index is 14.5. The van der Waals surface area contributed by atoms with Crippen LogP contribution in [0.15, 0.2) is 12.1 Å². The van der Waals surface area contributed by atoms with Crippen LogP contribution in [0.4, 0.5) is 14.5 Å². The number of benzene rings is 1. The molecule has 1 aromatic carbocycles. The Hall–Kier alpha value is -1.26. The molecule has 0 aliphatic rings. The minimum absolute atomic E-state index is 0.0740. The molecular formula is C13H16ClF2NO5S2. The number of rotatable bonds is 8. The molecule has 6 nitrogen and oxygen atoms in total. The minimum Gasteiger partial charge on any atom is -0.275 e. The Morgan fingerprint density at radius 2 is 1.50 bits per heavy atom. The molecule has 0 fully saturated rings. The van der Waals surface area contributed by atoms with Gasteiger partial charge in [0.05, 0.1) is 11.5 Å². The molecule has 0 aliphatic carbocycles. The summed E-state index contributed by atoms with van der Waals surface area (Å²) in [6.45, 7) is 2.99. The zero-order chi connectivity index (χ0) is 18.7. The summed E-state index contributed by atoms with van der Waals surface area (Å²) in [5.74, 6) is -4.11. The second-order valence-corrected chi connectivity index (χ2v) is 9.31. The van der Waals surface area contributed by atoms with Crippen molar-refractivity contribution in [1.82, 2.24) is 0 Å². The van der Waals surface area contributed by atoms with Crippen LogP contribution in [-0.2, 0) is 20.0 Å². The van der Waals surface area contributed by atoms with E-state index in [1.165, 1.54) is 13.8 Å². The summed E-state index contributed by atoms with van der Waals surface area (Å²) in [5.41, 5.74) is -2.17. The van der Waals surface area contributed by atoms with E-state index in [2.05, 4.69) is 0 Å². The molecule has 0 heterocycles. The number of halogens is 3. The van der Waals surface area contributed by atoms with Crippen LogP contribution in [0.25, 0.3) is 0 Å². The van der Waals surface area contributed by atoms with E-state index in [0.29, 0.717) is 12.1 Å². The van der Waals surface area contributed by atoms with Gasteiger partial charge < -0.3 is 0 Å². The quantitative estimate of drug-likeness (QED) is 0.622. The zero-order valence-corrected chi connectivity index (χ0v) is 15.3. The predicted octanol–water partition coefficient (Wildman–Crippen LogP) is 2.63. The fourth-order valence-corrected chi connectivity index (χ4v) is 6.27. The van der Waals surface area contributed by atoms with E-state index in [1.54, 1.807) is 0 Å². The number of nitrogens with zero attached hydrogens (tertiary/aromatic N) is 1. The van der Waals surface area contributed by atoms with Crippen LogP contribution < -0.4 is 3.71 Å². The first-order chi connectivity index (χ1) is 11.0. The number of carbonyl (C=O) groups is 1. The third kappa shape index (κ3) is 4.22. The van der Waals surface area contributed by atoms with Gasteiger partial charge in [-0.15, -0.1) is 0 Å². The van der Waals surface area contributed by atoms with Crippen molar-refractivity contribution >= 4 is 42.6 Å². The SMILES string of the molecule is CCCS(=O)(=O)N(c1ccc(F)c(C(=O)Cl)c1F)S(=O)(=O)CCC. The Morgan fingerprint density at radius 3 is 1.88 bits per heavy atom. The molecule has 0 atom stereocenters. The van der Waals surface area contributed by atoms with Gasteiger partial charge in [-0.1, -0.05) is 13.8 Å². The normalized spacial score (nSPS) is 12.2. The van der Waals surface area contributed by atoms with Gasteiger partial charge in [-0.3, -0.25) is 4.79 Å². The molecule has 1 rings (SSSR count). The highest BCUT2D eigenvalue weighted by Crippen LogP contribution is 2.30. The van der Waals surface area contributed by atoms with Crippen molar-refractivity contribution in [2.45, 2.75) is 26.7 Å². The maximum absolute atomic E-state index is 14.5. The average molecular weight is 404 g/mol. The van der Waals surface area contributed by atoms with Crippen LogP contribution in [0.5, 0.6) is 0 Å². The van der Waals surface area contributed by atoms with Gasteiger partial charge in [-0.25, -0.2) is 25.6 Å². The first-order valence-electron chi connectivity index (χ1n) is 6.93. The van der Waals surface area contributed by atoms with Gasteiger partial charge >= 0.3 is 0 Å². The van der Waals surface area contributed by atoms with E-state index >= 15 is 0 Å². The highest BCUT2D eigenvalue weighted by atomic mass is 35.5. The third-order valence-corrected chi connectivity index (χ3v) is 7.70. The monoisotopic (exact) mass is 403 g/mol. The van der Waals surface area contributed by atoms with Crippen molar-refractivity contribution in [2.24, 2.45) is 0 Å². The molecule has 11 heteroatoms. The summed E-state index contributed by atoms with van der Waals surface area (Å²) >= 11 is 5.10. The first kappa shape index (κ1) is 20.8. The van der Waals surface area contributed by atoms with E-state index in [9.17, 15) is 30.4 Å². The number of sulfonamides is 2. The lowest BCUT2D eigenvalue weighted by Gasteiger charge is -2.24. The number of anilines is 1. The minimum atomic E-state index is -4.45. The van der Waals surface area contributed by atoms with Crippen LogP contribution in [0, 0.1) is 11.6 Å². The number of hydrogen-bond donors (Lipinski definition) is 0. The average Bonchev–Trinajstić information content (AvgIpc) is 2.40. The lowest BCUT2D eigenvalue weighted by atomic mass is 10.2. The van der Waals surface area contributed by atoms with Gasteiger partial charge in [0.15, 0.2) is 5.82 Å². The smallest absolute Gasteiger partial charge is 0.258 e. The van der Waals surface area contributed by atoms with Gasteiger partial charge in [-0.2, -0.15) is 3.71 Å². The van der Waals surface area contributed by atoms with Crippen LogP contribution in [0.3, 0.4) is 0 Å². The van der Waals surface area contributed by atoms with Gasteiger partial charge in [0, 0.05) is 0 Å². The molecule has 0 amide bonds. The summed E-state index contributed by atoms with van der Waals surface area (Å²) in [6.07, 6.45) is 0.148. The predicted molar refractivity (Wildman–Crippen MR) is 87.2 cm³/mol. The Balaban J connectivity index is 3.76. The van der Waals surface area contributed by atoms with Gasteiger partial charge in [0.2, 0.25) is 20.0 Å². The fraction of sp³-hybridized carbons (Fsp3) is 0.462. The molecule has 0 saturated heterocycles. The molecule has 0 spiro atoms. The van der Waals surface area contributed by atoms with Crippen molar-refractivity contribution in [3.8, 4) is 0 Å². The van der Waals surface area contributed by atoms with E-state index in [1.807, 2.05) is 0 Å². The fourth-order valence-electron chi connectivity index (χ4n) is 2.02. The van der Waals surface area contributed by atoms with E-state index in [0.717, 1.165) is 0 Å². The zero-order valence-electron chi connectivity index (χ0n) is 12.9.